The van der Waals surface area contributed by atoms with Gasteiger partial charge in [-0.15, -0.1) is 0 Å². The topological polar surface area (TPSA) is 168 Å². The lowest BCUT2D eigenvalue weighted by molar-refractivity contribution is -0.146. The lowest BCUT2D eigenvalue weighted by Crippen LogP contribution is -2.43. The van der Waals surface area contributed by atoms with Gasteiger partial charge in [0.15, 0.2) is 5.69 Å². The van der Waals surface area contributed by atoms with Gasteiger partial charge < -0.3 is 25.0 Å². The van der Waals surface area contributed by atoms with Crippen LogP contribution in [0.15, 0.2) is 89.8 Å². The summed E-state index contributed by atoms with van der Waals surface area (Å²) in [6.45, 7) is 4.91. The number of nitrogens with zero attached hydrogens (tertiary/aromatic N) is 4. The van der Waals surface area contributed by atoms with E-state index >= 15 is 0 Å². The van der Waals surface area contributed by atoms with Crippen LogP contribution in [0.25, 0.3) is 0 Å². The van der Waals surface area contributed by atoms with E-state index in [1.54, 1.807) is 31.2 Å². The SMILES string of the molecule is CCN(C1CCC(C(=O)OC)CC1)S(=O)(=O)c1cccc(C(=O)Nc2ccc(N3CCCCC3)nc2C(=O)Nc2ccc(CN(C)Cc3ccc(C(=O)OC)cc3)cc2)c1. The van der Waals surface area contributed by atoms with Crippen LogP contribution < -0.4 is 15.5 Å². The van der Waals surface area contributed by atoms with E-state index in [-0.39, 0.29) is 52.3 Å². The molecule has 1 saturated carbocycles. The monoisotopic (exact) mass is 838 g/mol. The molecule has 0 spiro atoms. The number of esters is 2. The molecule has 14 nitrogen and oxygen atoms in total. The standard InChI is InChI=1S/C45H54N6O8S/c1-5-51(37-22-18-34(19-23-37)45(55)59-4)60(56,57)38-11-9-10-35(28-38)42(52)47-39-24-25-40(50-26-7-6-8-27-50)48-41(39)43(53)46-36-20-14-32(15-21-36)30-49(2)29-31-12-16-33(17-13-31)44(54)58-3/h9-17,20-21,24-25,28,34,37H,5-8,18-19,22-23,26-27,29-30H2,1-4H3,(H,46,53)(H,47,52). The van der Waals surface area contributed by atoms with Crippen LogP contribution in [0.3, 0.4) is 0 Å². The number of piperidine rings is 1. The lowest BCUT2D eigenvalue weighted by Gasteiger charge is -2.34. The van der Waals surface area contributed by atoms with Crippen molar-refractivity contribution < 1.29 is 37.1 Å². The molecular formula is C45H54N6O8S. The zero-order valence-electron chi connectivity index (χ0n) is 34.7. The summed E-state index contributed by atoms with van der Waals surface area (Å²) in [6, 6.07) is 23.8. The minimum absolute atomic E-state index is 0.0208. The maximum absolute atomic E-state index is 14.0. The van der Waals surface area contributed by atoms with Crippen LogP contribution in [0, 0.1) is 5.92 Å². The highest BCUT2D eigenvalue weighted by Gasteiger charge is 2.35. The van der Waals surface area contributed by atoms with Crippen molar-refractivity contribution in [1.82, 2.24) is 14.2 Å². The molecular weight excluding hydrogens is 785 g/mol. The van der Waals surface area contributed by atoms with Crippen molar-refractivity contribution in [2.45, 2.75) is 75.9 Å². The summed E-state index contributed by atoms with van der Waals surface area (Å²) < 4.78 is 39.1. The number of nitrogens with one attached hydrogen (secondary N) is 2. The molecule has 2 heterocycles. The van der Waals surface area contributed by atoms with Gasteiger partial charge in [0, 0.05) is 50.0 Å². The smallest absolute Gasteiger partial charge is 0.337 e. The number of methoxy groups -OCH3 is 2. The maximum Gasteiger partial charge on any atom is 0.337 e. The maximum atomic E-state index is 14.0. The molecule has 6 rings (SSSR count). The third-order valence-corrected chi connectivity index (χ3v) is 13.2. The number of ether oxygens (including phenoxy) is 2. The highest BCUT2D eigenvalue weighted by Crippen LogP contribution is 2.32. The van der Waals surface area contributed by atoms with Gasteiger partial charge in [0.2, 0.25) is 10.0 Å². The molecule has 4 aromatic rings. The molecule has 318 valence electrons. The number of anilines is 3. The number of pyridine rings is 1. The molecule has 15 heteroatoms. The number of benzene rings is 3. The Kier molecular flexibility index (Phi) is 14.7. The molecule has 1 aliphatic carbocycles. The first-order valence-corrected chi connectivity index (χ1v) is 21.9. The van der Waals surface area contributed by atoms with Gasteiger partial charge in [-0.3, -0.25) is 19.3 Å². The van der Waals surface area contributed by atoms with Crippen LogP contribution in [-0.2, 0) is 37.4 Å². The zero-order chi connectivity index (χ0) is 42.8. The Morgan fingerprint density at radius 2 is 1.42 bits per heavy atom. The highest BCUT2D eigenvalue weighted by molar-refractivity contribution is 7.89. The van der Waals surface area contributed by atoms with Crippen molar-refractivity contribution in [3.8, 4) is 0 Å². The molecule has 1 aromatic heterocycles. The number of sulfonamides is 1. The molecule has 0 atom stereocenters. The Morgan fingerprint density at radius 3 is 2.03 bits per heavy atom. The normalized spacial score (nSPS) is 16.9. The van der Waals surface area contributed by atoms with Crippen LogP contribution in [0.2, 0.25) is 0 Å². The van der Waals surface area contributed by atoms with Crippen LogP contribution in [-0.4, -0.2) is 93.3 Å². The van der Waals surface area contributed by atoms with Crippen LogP contribution in [0.5, 0.6) is 0 Å². The van der Waals surface area contributed by atoms with E-state index in [0.717, 1.165) is 43.5 Å². The van der Waals surface area contributed by atoms with Gasteiger partial charge >= 0.3 is 11.9 Å². The molecule has 2 N–H and O–H groups in total. The quantitative estimate of drug-likeness (QED) is 0.122. The average Bonchev–Trinajstić information content (AvgIpc) is 3.27. The summed E-state index contributed by atoms with van der Waals surface area (Å²) >= 11 is 0. The van der Waals surface area contributed by atoms with E-state index in [0.29, 0.717) is 55.8 Å². The second kappa shape index (κ2) is 20.1. The van der Waals surface area contributed by atoms with E-state index in [1.165, 1.54) is 42.8 Å². The first-order valence-electron chi connectivity index (χ1n) is 20.4. The Hall–Kier alpha value is -5.64. The minimum atomic E-state index is -3.99. The van der Waals surface area contributed by atoms with Crippen LogP contribution >= 0.6 is 0 Å². The fourth-order valence-corrected chi connectivity index (χ4v) is 9.71. The average molecular weight is 839 g/mol. The highest BCUT2D eigenvalue weighted by atomic mass is 32.2. The number of hydrogen-bond donors (Lipinski definition) is 2. The van der Waals surface area contributed by atoms with Gasteiger partial charge in [-0.2, -0.15) is 4.31 Å². The number of aromatic nitrogens is 1. The van der Waals surface area contributed by atoms with E-state index < -0.39 is 21.8 Å². The van der Waals surface area contributed by atoms with Crippen LogP contribution in [0.1, 0.15) is 94.2 Å². The second-order valence-corrected chi connectivity index (χ2v) is 17.2. The Bertz CT molecular complexity index is 2250. The summed E-state index contributed by atoms with van der Waals surface area (Å²) in [6.07, 6.45) is 5.26. The van der Waals surface area contributed by atoms with Gasteiger partial charge in [0.25, 0.3) is 11.8 Å². The molecule has 1 saturated heterocycles. The van der Waals surface area contributed by atoms with Crippen molar-refractivity contribution in [3.05, 3.63) is 113 Å². The van der Waals surface area contributed by atoms with Crippen molar-refractivity contribution in [1.29, 1.82) is 0 Å². The molecule has 2 aliphatic rings. The molecule has 2 fully saturated rings. The number of carbonyl (C=O) groups excluding carboxylic acids is 4. The largest absolute Gasteiger partial charge is 0.469 e. The van der Waals surface area contributed by atoms with Crippen molar-refractivity contribution >= 4 is 51.0 Å². The lowest BCUT2D eigenvalue weighted by atomic mass is 9.86. The predicted molar refractivity (Wildman–Crippen MR) is 229 cm³/mol. The number of carbonyl (C=O) groups is 4. The first-order chi connectivity index (χ1) is 28.9. The van der Waals surface area contributed by atoms with Gasteiger partial charge in [-0.25, -0.2) is 18.2 Å². The fraction of sp³-hybridized carbons (Fsp3) is 0.400. The summed E-state index contributed by atoms with van der Waals surface area (Å²) in [7, 11) is 0.724. The zero-order valence-corrected chi connectivity index (χ0v) is 35.5. The van der Waals surface area contributed by atoms with Gasteiger partial charge in [-0.1, -0.05) is 37.3 Å². The van der Waals surface area contributed by atoms with E-state index in [2.05, 4.69) is 20.4 Å². The Morgan fingerprint density at radius 1 is 0.767 bits per heavy atom. The van der Waals surface area contributed by atoms with Crippen molar-refractivity contribution in [2.75, 3.05) is 56.4 Å². The fourth-order valence-electron chi connectivity index (χ4n) is 7.97. The van der Waals surface area contributed by atoms with E-state index in [9.17, 15) is 27.6 Å². The molecule has 60 heavy (non-hydrogen) atoms. The Balaban J connectivity index is 1.15. The summed E-state index contributed by atoms with van der Waals surface area (Å²) in [5.74, 6) is -1.37. The molecule has 0 radical (unpaired) electrons. The van der Waals surface area contributed by atoms with Gasteiger partial charge in [0.05, 0.1) is 36.3 Å². The third-order valence-electron chi connectivity index (χ3n) is 11.2. The molecule has 3 aromatic carbocycles. The van der Waals surface area contributed by atoms with Gasteiger partial charge in [-0.05, 0) is 118 Å². The van der Waals surface area contributed by atoms with Crippen LogP contribution in [0.4, 0.5) is 17.2 Å². The van der Waals surface area contributed by atoms with Gasteiger partial charge in [0.1, 0.15) is 5.82 Å². The summed E-state index contributed by atoms with van der Waals surface area (Å²) in [5, 5.41) is 5.77. The Labute approximate surface area is 352 Å². The van der Waals surface area contributed by atoms with Crippen molar-refractivity contribution in [2.24, 2.45) is 5.92 Å². The molecule has 0 unspecified atom stereocenters. The summed E-state index contributed by atoms with van der Waals surface area (Å²) in [4.78, 5) is 60.6. The summed E-state index contributed by atoms with van der Waals surface area (Å²) in [5.41, 5.74) is 3.42. The van der Waals surface area contributed by atoms with E-state index in [4.69, 9.17) is 14.5 Å². The number of amides is 2. The molecule has 2 amide bonds. The predicted octanol–water partition coefficient (Wildman–Crippen LogP) is 6.74. The minimum Gasteiger partial charge on any atom is -0.469 e. The third kappa shape index (κ3) is 10.7. The molecule has 0 bridgehead atoms. The van der Waals surface area contributed by atoms with Crippen molar-refractivity contribution in [3.63, 3.8) is 0 Å². The first kappa shape index (κ1) is 43.9. The molecule has 1 aliphatic heterocycles. The second-order valence-electron chi connectivity index (χ2n) is 15.3. The van der Waals surface area contributed by atoms with E-state index in [1.807, 2.05) is 43.4 Å². The number of rotatable bonds is 15. The number of hydrogen-bond acceptors (Lipinski definition) is 11.